The summed E-state index contributed by atoms with van der Waals surface area (Å²) in [7, 11) is -5.00. The van der Waals surface area contributed by atoms with E-state index in [9.17, 15) is 38.0 Å². The third kappa shape index (κ3) is 9.81. The molecule has 21 heteroatoms. The van der Waals surface area contributed by atoms with Crippen LogP contribution in [0.25, 0.3) is 0 Å². The van der Waals surface area contributed by atoms with Crippen LogP contribution in [0.1, 0.15) is 40.8 Å². The zero-order chi connectivity index (χ0) is 33.3. The van der Waals surface area contributed by atoms with Crippen molar-refractivity contribution < 1.29 is 70.4 Å². The highest BCUT2D eigenvalue weighted by molar-refractivity contribution is 7.48. The van der Waals surface area contributed by atoms with Crippen LogP contribution >= 0.6 is 7.82 Å². The highest BCUT2D eigenvalue weighted by Crippen LogP contribution is 2.53. The molecule has 250 valence electrons. The van der Waals surface area contributed by atoms with Crippen molar-refractivity contribution in [1.29, 1.82) is 0 Å². The number of nitrogens with one attached hydrogen (secondary N) is 1. The number of aliphatic hydroxyl groups is 1. The third-order valence-electron chi connectivity index (χ3n) is 5.51. The predicted octanol–water partition coefficient (Wildman–Crippen LogP) is 0.591. The molecule has 0 aliphatic carbocycles. The molecule has 1 aliphatic rings. The molecule has 0 radical (unpaired) electrons. The Hall–Kier alpha value is -3.39. The average Bonchev–Trinajstić information content (AvgIpc) is 3.13. The van der Waals surface area contributed by atoms with Crippen LogP contribution in [0.2, 0.25) is 0 Å². The molecule has 0 aromatic carbocycles. The normalized spacial score (nSPS) is 23.4. The van der Waals surface area contributed by atoms with Gasteiger partial charge in [0.05, 0.1) is 25.4 Å². The first-order chi connectivity index (χ1) is 20.5. The number of hydrogen-bond acceptors (Lipinski definition) is 17. The van der Waals surface area contributed by atoms with Crippen molar-refractivity contribution in [1.82, 2.24) is 9.55 Å². The van der Waals surface area contributed by atoms with Crippen molar-refractivity contribution in [2.75, 3.05) is 33.4 Å². The smallest absolute Gasteiger partial charge is 0.455 e. The van der Waals surface area contributed by atoms with Crippen LogP contribution in [0, 0.1) is 0 Å². The molecule has 1 fully saturated rings. The Morgan fingerprint density at radius 1 is 1.09 bits per heavy atom. The molecule has 0 bridgehead atoms. The van der Waals surface area contributed by atoms with E-state index in [1.54, 1.807) is 0 Å². The lowest BCUT2D eigenvalue weighted by molar-refractivity contribution is -0.174. The summed E-state index contributed by atoms with van der Waals surface area (Å²) in [5, 5.41) is 11.4. The summed E-state index contributed by atoms with van der Waals surface area (Å²) in [5.74, 6) is -1.14. The standard InChI is InChI=1S/C23H35FN3O16P/c1-13(2)40-20(31)35-11-38-44(34,39-12-36-21(32)41-14(3)4)37-10-23(9-24)17(42-16(29)8-25)22(5,33)18(43-23)27-7-6-15(28)26-19(27)30/h6-7,13-14,17-18,33H,8-12,25H2,1-5H3,(H,26,28,30). The number of phosphoric acid groups is 1. The second-order valence-corrected chi connectivity index (χ2v) is 11.5. The van der Waals surface area contributed by atoms with E-state index in [1.807, 2.05) is 4.98 Å². The van der Waals surface area contributed by atoms with Crippen LogP contribution in [-0.4, -0.2) is 95.9 Å². The molecule has 1 saturated heterocycles. The highest BCUT2D eigenvalue weighted by Gasteiger charge is 2.65. The van der Waals surface area contributed by atoms with E-state index >= 15 is 0 Å². The number of nitrogens with zero attached hydrogens (tertiary/aromatic N) is 1. The first kappa shape index (κ1) is 36.8. The predicted molar refractivity (Wildman–Crippen MR) is 141 cm³/mol. The summed E-state index contributed by atoms with van der Waals surface area (Å²) in [6, 6.07) is 0.901. The summed E-state index contributed by atoms with van der Waals surface area (Å²) in [6.07, 6.45) is -6.54. The van der Waals surface area contributed by atoms with Gasteiger partial charge < -0.3 is 39.3 Å². The van der Waals surface area contributed by atoms with Crippen LogP contribution in [0.5, 0.6) is 0 Å². The maximum absolute atomic E-state index is 14.9. The van der Waals surface area contributed by atoms with Gasteiger partial charge in [-0.1, -0.05) is 0 Å². The SMILES string of the molecule is CC(C)OC(=O)OCOP(=O)(OCOC(=O)OC(C)C)OCC1(CF)OC(n2ccc(=O)[nH]c2=O)C(C)(O)C1OC(=O)CN. The summed E-state index contributed by atoms with van der Waals surface area (Å²) in [4.78, 5) is 61.5. The van der Waals surface area contributed by atoms with E-state index in [4.69, 9.17) is 38.3 Å². The monoisotopic (exact) mass is 659 g/mol. The number of aromatic nitrogens is 2. The Bertz CT molecular complexity index is 1280. The number of nitrogens with two attached hydrogens (primary N) is 1. The Kier molecular flexibility index (Phi) is 13.0. The van der Waals surface area contributed by atoms with Crippen LogP contribution in [-0.2, 0) is 51.4 Å². The zero-order valence-corrected chi connectivity index (χ0v) is 25.3. The van der Waals surface area contributed by atoms with Crippen LogP contribution < -0.4 is 17.0 Å². The number of rotatable bonds is 15. The number of alkyl halides is 1. The van der Waals surface area contributed by atoms with Gasteiger partial charge in [0.15, 0.2) is 17.9 Å². The maximum Gasteiger partial charge on any atom is 0.510 e. The molecule has 2 rings (SSSR count). The molecular weight excluding hydrogens is 624 g/mol. The van der Waals surface area contributed by atoms with Gasteiger partial charge in [-0.15, -0.1) is 0 Å². The molecular formula is C23H35FN3O16P. The minimum absolute atomic E-state index is 0.588. The van der Waals surface area contributed by atoms with E-state index in [0.717, 1.165) is 19.2 Å². The minimum Gasteiger partial charge on any atom is -0.455 e. The molecule has 1 aliphatic heterocycles. The van der Waals surface area contributed by atoms with Crippen LogP contribution in [0.3, 0.4) is 0 Å². The summed E-state index contributed by atoms with van der Waals surface area (Å²) in [6.45, 7) is 1.33. The number of H-pyrrole nitrogens is 1. The lowest BCUT2D eigenvalue weighted by atomic mass is 9.88. The van der Waals surface area contributed by atoms with E-state index in [0.29, 0.717) is 4.57 Å². The number of carbonyl (C=O) groups excluding carboxylic acids is 3. The molecule has 4 unspecified atom stereocenters. The molecule has 4 atom stereocenters. The van der Waals surface area contributed by atoms with E-state index < -0.39 is 107 Å². The molecule has 44 heavy (non-hydrogen) atoms. The number of phosphoric ester groups is 1. The summed E-state index contributed by atoms with van der Waals surface area (Å²) >= 11 is 0. The molecule has 19 nitrogen and oxygen atoms in total. The van der Waals surface area contributed by atoms with Gasteiger partial charge in [0, 0.05) is 12.3 Å². The van der Waals surface area contributed by atoms with Crippen LogP contribution in [0.15, 0.2) is 21.9 Å². The first-order valence-corrected chi connectivity index (χ1v) is 14.3. The second kappa shape index (κ2) is 15.6. The fraction of sp³-hybridized carbons (Fsp3) is 0.696. The second-order valence-electron chi connectivity index (χ2n) is 9.82. The Balaban J connectivity index is 2.39. The fourth-order valence-electron chi connectivity index (χ4n) is 3.70. The van der Waals surface area contributed by atoms with Gasteiger partial charge in [-0.05, 0) is 34.6 Å². The molecule has 1 aromatic rings. The Morgan fingerprint density at radius 2 is 1.64 bits per heavy atom. The van der Waals surface area contributed by atoms with Gasteiger partial charge in [0.1, 0.15) is 12.3 Å². The lowest BCUT2D eigenvalue weighted by Crippen LogP contribution is -2.56. The number of ether oxygens (including phenoxy) is 6. The van der Waals surface area contributed by atoms with Crippen molar-refractivity contribution in [2.45, 2.75) is 70.4 Å². The van der Waals surface area contributed by atoms with Crippen LogP contribution in [0.4, 0.5) is 14.0 Å². The summed E-state index contributed by atoms with van der Waals surface area (Å²) in [5.41, 5.74) is -1.53. The first-order valence-electron chi connectivity index (χ1n) is 12.9. The minimum atomic E-state index is -5.00. The number of hydrogen-bond donors (Lipinski definition) is 3. The van der Waals surface area contributed by atoms with E-state index in [1.165, 1.54) is 27.7 Å². The number of carbonyl (C=O) groups is 3. The highest BCUT2D eigenvalue weighted by atomic mass is 31.2. The van der Waals surface area contributed by atoms with Gasteiger partial charge >= 0.3 is 31.8 Å². The van der Waals surface area contributed by atoms with Crippen molar-refractivity contribution in [3.63, 3.8) is 0 Å². The van der Waals surface area contributed by atoms with E-state index in [2.05, 4.69) is 9.47 Å². The lowest BCUT2D eigenvalue weighted by Gasteiger charge is -2.34. The van der Waals surface area contributed by atoms with Gasteiger partial charge in [-0.2, -0.15) is 0 Å². The van der Waals surface area contributed by atoms with Gasteiger partial charge in [-0.3, -0.25) is 23.7 Å². The average molecular weight is 660 g/mol. The Labute approximate surface area is 249 Å². The Morgan fingerprint density at radius 3 is 2.09 bits per heavy atom. The molecule has 0 spiro atoms. The topological polar surface area (TPSA) is 252 Å². The molecule has 0 amide bonds. The molecule has 2 heterocycles. The van der Waals surface area contributed by atoms with Crippen molar-refractivity contribution in [2.24, 2.45) is 5.73 Å². The van der Waals surface area contributed by atoms with Crippen molar-refractivity contribution >= 4 is 26.1 Å². The number of esters is 1. The maximum atomic E-state index is 14.9. The number of halogens is 1. The molecule has 1 aromatic heterocycles. The van der Waals surface area contributed by atoms with Gasteiger partial charge in [-0.25, -0.2) is 32.4 Å². The fourth-order valence-corrected chi connectivity index (χ4v) is 4.67. The zero-order valence-electron chi connectivity index (χ0n) is 24.4. The van der Waals surface area contributed by atoms with Crippen molar-refractivity contribution in [3.8, 4) is 0 Å². The summed E-state index contributed by atoms with van der Waals surface area (Å²) < 4.78 is 73.6. The largest absolute Gasteiger partial charge is 0.510 e. The molecule has 0 saturated carbocycles. The van der Waals surface area contributed by atoms with Gasteiger partial charge in [0.2, 0.25) is 13.6 Å². The van der Waals surface area contributed by atoms with Crippen molar-refractivity contribution in [3.05, 3.63) is 33.1 Å². The quantitative estimate of drug-likeness (QED) is 0.101. The molecule has 4 N–H and O–H groups in total. The van der Waals surface area contributed by atoms with E-state index in [-0.39, 0.29) is 0 Å². The number of aromatic amines is 1. The third-order valence-corrected chi connectivity index (χ3v) is 6.80. The van der Waals surface area contributed by atoms with Gasteiger partial charge in [0.25, 0.3) is 5.56 Å².